The highest BCUT2D eigenvalue weighted by molar-refractivity contribution is 5.81. The zero-order chi connectivity index (χ0) is 9.61. The maximum atomic E-state index is 10.6. The number of nitrogens with two attached hydrogens (primary N) is 1. The van der Waals surface area contributed by atoms with Crippen molar-refractivity contribution in [2.24, 2.45) is 0 Å². The molecule has 0 spiro atoms. The molecule has 0 unspecified atom stereocenters. The predicted molar refractivity (Wildman–Crippen MR) is 47.7 cm³/mol. The lowest BCUT2D eigenvalue weighted by molar-refractivity contribution is -0.717. The van der Waals surface area contributed by atoms with Crippen LogP contribution in [0, 0.1) is 0 Å². The number of hydrogen-bond donors (Lipinski definition) is 1. The minimum absolute atomic E-state index is 0. The van der Waals surface area contributed by atoms with Crippen molar-refractivity contribution < 1.29 is 31.8 Å². The number of esters is 1. The third-order valence-corrected chi connectivity index (χ3v) is 1.29. The lowest BCUT2D eigenvalue weighted by Crippen LogP contribution is -3.00. The minimum atomic E-state index is -0.350. The Morgan fingerprint density at radius 3 is 2.46 bits per heavy atom. The van der Waals surface area contributed by atoms with Gasteiger partial charge in [-0.2, -0.15) is 0 Å². The van der Waals surface area contributed by atoms with Crippen LogP contribution in [0.3, 0.4) is 0 Å². The minimum Gasteiger partial charge on any atom is -1.00 e. The van der Waals surface area contributed by atoms with E-state index >= 15 is 0 Å². The summed E-state index contributed by atoms with van der Waals surface area (Å²) in [6.07, 6.45) is 1.18. The van der Waals surface area contributed by atoms with Crippen molar-refractivity contribution in [1.82, 2.24) is 0 Å². The fourth-order valence-corrected chi connectivity index (χ4v) is 0.710. The first-order valence-electron chi connectivity index (χ1n) is 4.09. The fraction of sp³-hybridized carbons (Fsp3) is 0.667. The number of rotatable bonds is 4. The number of carbonyl (C=O) groups excluding carboxylic acids is 1. The normalized spacial score (nSPS) is 10.1. The van der Waals surface area contributed by atoms with Crippen molar-refractivity contribution in [2.45, 2.75) is 26.3 Å². The summed E-state index contributed by atoms with van der Waals surface area (Å²) in [6, 6.07) is 0. The number of hydrogen-bond acceptors (Lipinski definition) is 2. The lowest BCUT2D eigenvalue weighted by Gasteiger charge is -2.16. The summed E-state index contributed by atoms with van der Waals surface area (Å²) in [5, 5.41) is 2.13. The molecule has 0 aromatic heterocycles. The molecule has 0 bridgehead atoms. The molecule has 0 atom stereocenters. The van der Waals surface area contributed by atoms with Gasteiger partial charge in [0, 0.05) is 6.08 Å². The molecule has 4 heteroatoms. The van der Waals surface area contributed by atoms with Gasteiger partial charge in [0.2, 0.25) is 0 Å². The molecule has 78 valence electrons. The standard InChI is InChI=1S/C9H17NO2.BrH/c1-5-8(11)12-7-6-10-9(2,3)4;/h5,10H,1,6-7H2,2-4H3;1H. The first kappa shape index (κ1) is 15.1. The first-order valence-corrected chi connectivity index (χ1v) is 4.09. The van der Waals surface area contributed by atoms with Gasteiger partial charge in [0.15, 0.2) is 0 Å². The summed E-state index contributed by atoms with van der Waals surface area (Å²) in [6.45, 7) is 10.9. The first-order chi connectivity index (χ1) is 5.45. The Labute approximate surface area is 90.3 Å². The SMILES string of the molecule is C=CC(=O)OCC[NH2+]C(C)(C)C.[Br-]. The quantitative estimate of drug-likeness (QED) is 0.331. The number of quaternary nitrogens is 1. The molecule has 0 amide bonds. The Morgan fingerprint density at radius 2 is 2.08 bits per heavy atom. The smallest absolute Gasteiger partial charge is 0.330 e. The van der Waals surface area contributed by atoms with Crippen molar-refractivity contribution in [1.29, 1.82) is 0 Å². The maximum absolute atomic E-state index is 10.6. The highest BCUT2D eigenvalue weighted by Gasteiger charge is 2.11. The highest BCUT2D eigenvalue weighted by Crippen LogP contribution is 1.87. The molecule has 0 aliphatic carbocycles. The van der Waals surface area contributed by atoms with Crippen LogP contribution in [0.1, 0.15) is 20.8 Å². The Hall–Kier alpha value is -0.350. The average Bonchev–Trinajstić information content (AvgIpc) is 1.96. The Bertz CT molecular complexity index is 163. The second-order valence-electron chi connectivity index (χ2n) is 3.73. The molecule has 0 fully saturated rings. The molecule has 0 saturated heterocycles. The third-order valence-electron chi connectivity index (χ3n) is 1.29. The molecule has 0 aliphatic rings. The van der Waals surface area contributed by atoms with Crippen LogP contribution >= 0.6 is 0 Å². The van der Waals surface area contributed by atoms with Crippen molar-refractivity contribution in [3.63, 3.8) is 0 Å². The van der Waals surface area contributed by atoms with Crippen LogP contribution in [0.2, 0.25) is 0 Å². The van der Waals surface area contributed by atoms with Gasteiger partial charge in [0.1, 0.15) is 13.2 Å². The van der Waals surface area contributed by atoms with Crippen LogP contribution < -0.4 is 22.3 Å². The molecule has 0 heterocycles. The van der Waals surface area contributed by atoms with Crippen LogP contribution in [0.15, 0.2) is 12.7 Å². The molecule has 0 aromatic carbocycles. The predicted octanol–water partition coefficient (Wildman–Crippen LogP) is -2.92. The van der Waals surface area contributed by atoms with Crippen LogP contribution in [0.4, 0.5) is 0 Å². The maximum Gasteiger partial charge on any atom is 0.330 e. The zero-order valence-corrected chi connectivity index (χ0v) is 10.1. The Morgan fingerprint density at radius 1 is 1.54 bits per heavy atom. The molecule has 0 saturated carbocycles. The van der Waals surface area contributed by atoms with Crippen molar-refractivity contribution >= 4 is 5.97 Å². The van der Waals surface area contributed by atoms with Gasteiger partial charge in [-0.05, 0) is 20.8 Å². The van der Waals surface area contributed by atoms with Crippen LogP contribution in [-0.4, -0.2) is 24.7 Å². The highest BCUT2D eigenvalue weighted by atomic mass is 79.9. The summed E-state index contributed by atoms with van der Waals surface area (Å²) in [5.41, 5.74) is 0.195. The van der Waals surface area contributed by atoms with E-state index in [1.54, 1.807) is 0 Å². The second kappa shape index (κ2) is 7.09. The largest absolute Gasteiger partial charge is 1.00 e. The zero-order valence-electron chi connectivity index (χ0n) is 8.47. The number of carbonyl (C=O) groups is 1. The number of ether oxygens (including phenoxy) is 1. The van der Waals surface area contributed by atoms with Gasteiger partial charge >= 0.3 is 5.97 Å². The molecule has 0 rings (SSSR count). The van der Waals surface area contributed by atoms with E-state index in [0.29, 0.717) is 6.61 Å². The molecule has 0 aromatic rings. The fourth-order valence-electron chi connectivity index (χ4n) is 0.710. The van der Waals surface area contributed by atoms with E-state index < -0.39 is 0 Å². The third kappa shape index (κ3) is 11.7. The van der Waals surface area contributed by atoms with Crippen molar-refractivity contribution in [3.05, 3.63) is 12.7 Å². The Balaban J connectivity index is 0. The molecule has 0 radical (unpaired) electrons. The number of halogens is 1. The summed E-state index contributed by atoms with van der Waals surface area (Å²) in [7, 11) is 0. The van der Waals surface area contributed by atoms with Gasteiger partial charge in [-0.25, -0.2) is 4.79 Å². The topological polar surface area (TPSA) is 42.9 Å². The van der Waals surface area contributed by atoms with Gasteiger partial charge in [-0.1, -0.05) is 6.58 Å². The molecule has 3 nitrogen and oxygen atoms in total. The van der Waals surface area contributed by atoms with Gasteiger partial charge in [-0.15, -0.1) is 0 Å². The molecular formula is C9H18BrNO2. The summed E-state index contributed by atoms with van der Waals surface area (Å²) in [4.78, 5) is 10.6. The van der Waals surface area contributed by atoms with Crippen LogP contribution in [-0.2, 0) is 9.53 Å². The van der Waals surface area contributed by atoms with E-state index in [-0.39, 0.29) is 28.5 Å². The van der Waals surface area contributed by atoms with Crippen molar-refractivity contribution in [2.75, 3.05) is 13.2 Å². The van der Waals surface area contributed by atoms with E-state index in [1.165, 1.54) is 6.08 Å². The monoisotopic (exact) mass is 251 g/mol. The van der Waals surface area contributed by atoms with Gasteiger partial charge in [0.05, 0.1) is 5.54 Å². The Kier molecular flexibility index (Phi) is 8.26. The summed E-state index contributed by atoms with van der Waals surface area (Å²) >= 11 is 0. The molecular weight excluding hydrogens is 234 g/mol. The second-order valence-corrected chi connectivity index (χ2v) is 3.73. The molecule has 0 aliphatic heterocycles. The summed E-state index contributed by atoms with van der Waals surface area (Å²) in [5.74, 6) is -0.350. The summed E-state index contributed by atoms with van der Waals surface area (Å²) < 4.78 is 4.80. The van der Waals surface area contributed by atoms with Crippen molar-refractivity contribution in [3.8, 4) is 0 Å². The van der Waals surface area contributed by atoms with E-state index in [0.717, 1.165) is 6.54 Å². The van der Waals surface area contributed by atoms with Gasteiger partial charge in [0.25, 0.3) is 0 Å². The van der Waals surface area contributed by atoms with E-state index in [2.05, 4.69) is 32.7 Å². The molecule has 13 heavy (non-hydrogen) atoms. The van der Waals surface area contributed by atoms with Gasteiger partial charge < -0.3 is 27.0 Å². The van der Waals surface area contributed by atoms with Crippen LogP contribution in [0.5, 0.6) is 0 Å². The van der Waals surface area contributed by atoms with E-state index in [1.807, 2.05) is 0 Å². The lowest BCUT2D eigenvalue weighted by atomic mass is 10.1. The van der Waals surface area contributed by atoms with E-state index in [4.69, 9.17) is 4.74 Å². The molecule has 2 N–H and O–H groups in total. The van der Waals surface area contributed by atoms with Gasteiger partial charge in [-0.3, -0.25) is 0 Å². The van der Waals surface area contributed by atoms with Crippen LogP contribution in [0.25, 0.3) is 0 Å². The average molecular weight is 252 g/mol. The van der Waals surface area contributed by atoms with E-state index in [9.17, 15) is 4.79 Å².